The van der Waals surface area contributed by atoms with Gasteiger partial charge in [0.05, 0.1) is 41.2 Å². The molecule has 164 valence electrons. The highest BCUT2D eigenvalue weighted by molar-refractivity contribution is 6.02. The standard InChI is InChI=1S/C21H21NO9/c1-27-12-7-6-10(8-13(12)28-2)22-16-11(17(23)15(20(22)24)21(25)26)9-14(29-3)18(30-4)19(16)31-5/h6-9,23H,1-5H3,(H,25,26). The Balaban J connectivity index is 2.62. The topological polar surface area (TPSA) is 126 Å². The summed E-state index contributed by atoms with van der Waals surface area (Å²) in [7, 11) is 7.00. The molecule has 1 heterocycles. The largest absolute Gasteiger partial charge is 0.506 e. The summed E-state index contributed by atoms with van der Waals surface area (Å²) in [6.07, 6.45) is 0. The molecular formula is C21H21NO9. The summed E-state index contributed by atoms with van der Waals surface area (Å²) in [5, 5.41) is 20.3. The van der Waals surface area contributed by atoms with Crippen LogP contribution < -0.4 is 29.2 Å². The van der Waals surface area contributed by atoms with Crippen LogP contribution in [0.15, 0.2) is 29.1 Å². The van der Waals surface area contributed by atoms with Crippen LogP contribution in [0, 0.1) is 0 Å². The molecule has 0 bridgehead atoms. The van der Waals surface area contributed by atoms with E-state index in [4.69, 9.17) is 23.7 Å². The van der Waals surface area contributed by atoms with Crippen molar-refractivity contribution in [2.24, 2.45) is 0 Å². The smallest absolute Gasteiger partial charge is 0.345 e. The maximum absolute atomic E-state index is 13.2. The number of hydrogen-bond acceptors (Lipinski definition) is 8. The molecule has 0 fully saturated rings. The monoisotopic (exact) mass is 431 g/mol. The van der Waals surface area contributed by atoms with Crippen LogP contribution in [-0.4, -0.2) is 56.3 Å². The van der Waals surface area contributed by atoms with Crippen molar-refractivity contribution in [3.63, 3.8) is 0 Å². The summed E-state index contributed by atoms with van der Waals surface area (Å²) in [5.74, 6) is -1.19. The van der Waals surface area contributed by atoms with E-state index >= 15 is 0 Å². The average Bonchev–Trinajstić information content (AvgIpc) is 2.77. The van der Waals surface area contributed by atoms with E-state index in [2.05, 4.69) is 0 Å². The van der Waals surface area contributed by atoms with E-state index in [9.17, 15) is 19.8 Å². The van der Waals surface area contributed by atoms with Crippen LogP contribution in [-0.2, 0) is 0 Å². The lowest BCUT2D eigenvalue weighted by molar-refractivity contribution is 0.0691. The molecule has 0 amide bonds. The van der Waals surface area contributed by atoms with Crippen molar-refractivity contribution in [3.05, 3.63) is 40.2 Å². The Morgan fingerprint density at radius 1 is 0.839 bits per heavy atom. The first kappa shape index (κ1) is 21.6. The van der Waals surface area contributed by atoms with Crippen molar-refractivity contribution in [3.8, 4) is 40.2 Å². The molecule has 31 heavy (non-hydrogen) atoms. The predicted molar refractivity (Wildman–Crippen MR) is 111 cm³/mol. The third-order valence-corrected chi connectivity index (χ3v) is 4.78. The zero-order valence-electron chi connectivity index (χ0n) is 17.5. The number of fused-ring (bicyclic) bond motifs is 1. The van der Waals surface area contributed by atoms with E-state index in [0.717, 1.165) is 4.57 Å². The minimum absolute atomic E-state index is 0.0151. The van der Waals surface area contributed by atoms with Gasteiger partial charge in [-0.1, -0.05) is 0 Å². The lowest BCUT2D eigenvalue weighted by Crippen LogP contribution is -2.26. The Hall–Kier alpha value is -4.08. The zero-order chi connectivity index (χ0) is 22.9. The minimum Gasteiger partial charge on any atom is -0.506 e. The number of aromatic hydroxyl groups is 1. The molecule has 0 unspecified atom stereocenters. The molecule has 2 aromatic carbocycles. The number of rotatable bonds is 7. The van der Waals surface area contributed by atoms with E-state index in [1.165, 1.54) is 47.7 Å². The van der Waals surface area contributed by atoms with Crippen LogP contribution in [0.3, 0.4) is 0 Å². The van der Waals surface area contributed by atoms with Crippen molar-refractivity contribution in [1.29, 1.82) is 0 Å². The van der Waals surface area contributed by atoms with Crippen LogP contribution in [0.5, 0.6) is 34.5 Å². The summed E-state index contributed by atoms with van der Waals surface area (Å²) in [4.78, 5) is 25.1. The maximum atomic E-state index is 13.2. The van der Waals surface area contributed by atoms with Crippen molar-refractivity contribution < 1.29 is 38.7 Å². The highest BCUT2D eigenvalue weighted by Crippen LogP contribution is 2.46. The molecule has 10 heteroatoms. The van der Waals surface area contributed by atoms with Gasteiger partial charge < -0.3 is 33.9 Å². The summed E-state index contributed by atoms with van der Waals surface area (Å²) in [6, 6.07) is 5.97. The highest BCUT2D eigenvalue weighted by Gasteiger charge is 2.28. The molecule has 0 spiro atoms. The molecule has 0 saturated carbocycles. The lowest BCUT2D eigenvalue weighted by Gasteiger charge is -2.20. The fraction of sp³-hybridized carbons (Fsp3) is 0.238. The summed E-state index contributed by atoms with van der Waals surface area (Å²) >= 11 is 0. The zero-order valence-corrected chi connectivity index (χ0v) is 17.5. The number of carbonyl (C=O) groups is 1. The van der Waals surface area contributed by atoms with Crippen molar-refractivity contribution in [1.82, 2.24) is 4.57 Å². The number of aromatic carboxylic acids is 1. The molecule has 3 aromatic rings. The Kier molecular flexibility index (Phi) is 5.82. The van der Waals surface area contributed by atoms with Crippen molar-refractivity contribution in [2.75, 3.05) is 35.5 Å². The van der Waals surface area contributed by atoms with Crippen LogP contribution in [0.4, 0.5) is 0 Å². The number of aromatic nitrogens is 1. The molecule has 10 nitrogen and oxygen atoms in total. The van der Waals surface area contributed by atoms with Crippen LogP contribution in [0.25, 0.3) is 16.6 Å². The quantitative estimate of drug-likeness (QED) is 0.580. The number of hydrogen-bond donors (Lipinski definition) is 2. The Bertz CT molecular complexity index is 1230. The number of carboxylic acids is 1. The molecule has 0 radical (unpaired) electrons. The first-order chi connectivity index (χ1) is 14.8. The van der Waals surface area contributed by atoms with Gasteiger partial charge in [-0.3, -0.25) is 9.36 Å². The van der Waals surface area contributed by atoms with Gasteiger partial charge in [-0.2, -0.15) is 0 Å². The summed E-state index contributed by atoms with van der Waals surface area (Å²) in [5.41, 5.74) is -1.45. The molecule has 0 aliphatic heterocycles. The Labute approximate surface area is 176 Å². The maximum Gasteiger partial charge on any atom is 0.345 e. The number of nitrogens with zero attached hydrogens (tertiary/aromatic N) is 1. The third kappa shape index (κ3) is 3.31. The van der Waals surface area contributed by atoms with Crippen LogP contribution in [0.1, 0.15) is 10.4 Å². The van der Waals surface area contributed by atoms with Gasteiger partial charge >= 0.3 is 5.97 Å². The number of pyridine rings is 1. The molecule has 0 aliphatic carbocycles. The van der Waals surface area contributed by atoms with E-state index < -0.39 is 22.8 Å². The molecule has 2 N–H and O–H groups in total. The predicted octanol–water partition coefficient (Wildman–Crippen LogP) is 2.44. The van der Waals surface area contributed by atoms with Gasteiger partial charge in [0, 0.05) is 11.5 Å². The lowest BCUT2D eigenvalue weighted by atomic mass is 10.1. The third-order valence-electron chi connectivity index (χ3n) is 4.78. The van der Waals surface area contributed by atoms with Crippen molar-refractivity contribution in [2.45, 2.75) is 0 Å². The highest BCUT2D eigenvalue weighted by atomic mass is 16.5. The number of methoxy groups -OCH3 is 5. The first-order valence-electron chi connectivity index (χ1n) is 8.90. The molecule has 3 rings (SSSR count). The molecule has 0 aliphatic rings. The van der Waals surface area contributed by atoms with Gasteiger partial charge in [-0.25, -0.2) is 4.79 Å². The second-order valence-corrected chi connectivity index (χ2v) is 6.25. The molecule has 0 saturated heterocycles. The van der Waals surface area contributed by atoms with E-state index in [1.54, 1.807) is 12.1 Å². The first-order valence-corrected chi connectivity index (χ1v) is 8.90. The molecule has 0 atom stereocenters. The van der Waals surface area contributed by atoms with E-state index in [-0.39, 0.29) is 33.8 Å². The van der Waals surface area contributed by atoms with Gasteiger partial charge in [0.25, 0.3) is 5.56 Å². The molecule has 1 aromatic heterocycles. The number of benzene rings is 2. The Morgan fingerprint density at radius 2 is 1.45 bits per heavy atom. The van der Waals surface area contributed by atoms with E-state index in [1.807, 2.05) is 0 Å². The van der Waals surface area contributed by atoms with Gasteiger partial charge in [0.1, 0.15) is 11.3 Å². The second-order valence-electron chi connectivity index (χ2n) is 6.25. The van der Waals surface area contributed by atoms with Crippen LogP contribution in [0.2, 0.25) is 0 Å². The average molecular weight is 431 g/mol. The summed E-state index contributed by atoms with van der Waals surface area (Å²) in [6.45, 7) is 0. The van der Waals surface area contributed by atoms with Gasteiger partial charge in [-0.05, 0) is 18.2 Å². The SMILES string of the molecule is COc1ccc(-n2c(=O)c(C(=O)O)c(O)c3cc(OC)c(OC)c(OC)c32)cc1OC. The van der Waals surface area contributed by atoms with Crippen molar-refractivity contribution >= 4 is 16.9 Å². The van der Waals surface area contributed by atoms with Gasteiger partial charge in [-0.15, -0.1) is 0 Å². The number of ether oxygens (including phenoxy) is 5. The van der Waals surface area contributed by atoms with Crippen LogP contribution >= 0.6 is 0 Å². The van der Waals surface area contributed by atoms with Gasteiger partial charge in [0.2, 0.25) is 5.75 Å². The minimum atomic E-state index is -1.59. The fourth-order valence-corrected chi connectivity index (χ4v) is 3.40. The molecular weight excluding hydrogens is 410 g/mol. The fourth-order valence-electron chi connectivity index (χ4n) is 3.40. The number of carboxylic acid groups (broad SMARTS) is 1. The van der Waals surface area contributed by atoms with E-state index in [0.29, 0.717) is 11.5 Å². The normalized spacial score (nSPS) is 10.6. The Morgan fingerprint density at radius 3 is 1.97 bits per heavy atom. The van der Waals surface area contributed by atoms with Gasteiger partial charge in [0.15, 0.2) is 28.6 Å². The summed E-state index contributed by atoms with van der Waals surface area (Å²) < 4.78 is 27.8. The second kappa shape index (κ2) is 8.34.